The molecule has 0 unspecified atom stereocenters. The molecule has 0 amide bonds. The molecule has 0 aliphatic rings. The second-order valence-electron chi connectivity index (χ2n) is 4.02. The molecule has 0 aliphatic heterocycles. The maximum absolute atomic E-state index is 5.43. The lowest BCUT2D eigenvalue weighted by molar-refractivity contribution is 0.0777. The summed E-state index contributed by atoms with van der Waals surface area (Å²) < 4.78 is 6.38. The number of anilines is 1. The number of pyridine rings is 1. The SMILES string of the molecule is CC(C)OCCCNC(=S)Nc1ccc(Br)cn1. The molecule has 4 nitrogen and oxygen atoms in total. The minimum Gasteiger partial charge on any atom is -0.379 e. The van der Waals surface area contributed by atoms with Gasteiger partial charge in [0.05, 0.1) is 6.10 Å². The van der Waals surface area contributed by atoms with Crippen molar-refractivity contribution in [3.63, 3.8) is 0 Å². The highest BCUT2D eigenvalue weighted by molar-refractivity contribution is 9.10. The zero-order valence-corrected chi connectivity index (χ0v) is 13.0. The summed E-state index contributed by atoms with van der Waals surface area (Å²) in [6.07, 6.45) is 2.93. The number of ether oxygens (including phenoxy) is 1. The van der Waals surface area contributed by atoms with Gasteiger partial charge in [-0.1, -0.05) is 0 Å². The van der Waals surface area contributed by atoms with Crippen LogP contribution in [-0.4, -0.2) is 29.4 Å². The fraction of sp³-hybridized carbons (Fsp3) is 0.500. The number of hydrogen-bond donors (Lipinski definition) is 2. The van der Waals surface area contributed by atoms with E-state index in [-0.39, 0.29) is 6.10 Å². The Balaban J connectivity index is 2.16. The highest BCUT2D eigenvalue weighted by Gasteiger charge is 1.98. The summed E-state index contributed by atoms with van der Waals surface area (Å²) in [5.41, 5.74) is 0. The van der Waals surface area contributed by atoms with E-state index in [2.05, 4.69) is 31.5 Å². The Morgan fingerprint density at radius 1 is 1.50 bits per heavy atom. The van der Waals surface area contributed by atoms with Crippen LogP contribution in [0.5, 0.6) is 0 Å². The Hall–Kier alpha value is -0.720. The van der Waals surface area contributed by atoms with E-state index < -0.39 is 0 Å². The number of aromatic nitrogens is 1. The van der Waals surface area contributed by atoms with Gasteiger partial charge in [0.25, 0.3) is 0 Å². The molecule has 0 spiro atoms. The summed E-state index contributed by atoms with van der Waals surface area (Å²) in [4.78, 5) is 4.18. The second-order valence-corrected chi connectivity index (χ2v) is 5.34. The molecule has 18 heavy (non-hydrogen) atoms. The van der Waals surface area contributed by atoms with Gasteiger partial charge in [-0.15, -0.1) is 0 Å². The average Bonchev–Trinajstić information content (AvgIpc) is 2.31. The van der Waals surface area contributed by atoms with E-state index in [1.807, 2.05) is 26.0 Å². The van der Waals surface area contributed by atoms with E-state index in [4.69, 9.17) is 17.0 Å². The lowest BCUT2D eigenvalue weighted by Gasteiger charge is -2.11. The van der Waals surface area contributed by atoms with Crippen molar-refractivity contribution in [2.45, 2.75) is 26.4 Å². The van der Waals surface area contributed by atoms with E-state index in [1.165, 1.54) is 0 Å². The lowest BCUT2D eigenvalue weighted by Crippen LogP contribution is -2.30. The van der Waals surface area contributed by atoms with E-state index in [9.17, 15) is 0 Å². The van der Waals surface area contributed by atoms with Crippen molar-refractivity contribution in [2.24, 2.45) is 0 Å². The zero-order chi connectivity index (χ0) is 13.4. The number of halogens is 1. The van der Waals surface area contributed by atoms with Gasteiger partial charge in [0.2, 0.25) is 0 Å². The quantitative estimate of drug-likeness (QED) is 0.620. The van der Waals surface area contributed by atoms with E-state index in [1.54, 1.807) is 6.20 Å². The van der Waals surface area contributed by atoms with Gasteiger partial charge in [-0.05, 0) is 60.5 Å². The van der Waals surface area contributed by atoms with Crippen LogP contribution >= 0.6 is 28.1 Å². The molecule has 0 atom stereocenters. The largest absolute Gasteiger partial charge is 0.379 e. The zero-order valence-electron chi connectivity index (χ0n) is 10.6. The van der Waals surface area contributed by atoms with E-state index >= 15 is 0 Å². The maximum atomic E-state index is 5.43. The summed E-state index contributed by atoms with van der Waals surface area (Å²) in [6.45, 7) is 5.58. The topological polar surface area (TPSA) is 46.2 Å². The Bertz CT molecular complexity index is 370. The number of hydrogen-bond acceptors (Lipinski definition) is 3. The molecule has 0 fully saturated rings. The lowest BCUT2D eigenvalue weighted by atomic mass is 10.4. The fourth-order valence-corrected chi connectivity index (χ4v) is 1.64. The van der Waals surface area contributed by atoms with Crippen molar-refractivity contribution < 1.29 is 4.74 Å². The van der Waals surface area contributed by atoms with E-state index in [0.29, 0.717) is 5.11 Å². The van der Waals surface area contributed by atoms with Crippen LogP contribution in [0.15, 0.2) is 22.8 Å². The van der Waals surface area contributed by atoms with Gasteiger partial charge in [-0.3, -0.25) is 0 Å². The van der Waals surface area contributed by atoms with Crippen molar-refractivity contribution in [3.8, 4) is 0 Å². The van der Waals surface area contributed by atoms with Gasteiger partial charge in [-0.25, -0.2) is 4.98 Å². The normalized spacial score (nSPS) is 10.4. The Labute approximate surface area is 122 Å². The molecule has 0 aromatic carbocycles. The van der Waals surface area contributed by atoms with Crippen molar-refractivity contribution in [1.29, 1.82) is 0 Å². The number of rotatable bonds is 6. The van der Waals surface area contributed by atoms with Gasteiger partial charge < -0.3 is 15.4 Å². The van der Waals surface area contributed by atoms with Crippen molar-refractivity contribution >= 4 is 39.1 Å². The Kier molecular flexibility index (Phi) is 7.15. The number of nitrogens with zero attached hydrogens (tertiary/aromatic N) is 1. The smallest absolute Gasteiger partial charge is 0.171 e. The van der Waals surface area contributed by atoms with E-state index in [0.717, 1.165) is 29.9 Å². The molecular weight excluding hydrogens is 314 g/mol. The van der Waals surface area contributed by atoms with Crippen LogP contribution in [0, 0.1) is 0 Å². The Morgan fingerprint density at radius 2 is 2.28 bits per heavy atom. The van der Waals surface area contributed by atoms with Gasteiger partial charge in [-0.2, -0.15) is 0 Å². The molecule has 1 aromatic heterocycles. The first-order valence-corrected chi connectivity index (χ1v) is 7.06. The molecule has 2 N–H and O–H groups in total. The van der Waals surface area contributed by atoms with Gasteiger partial charge in [0.1, 0.15) is 5.82 Å². The van der Waals surface area contributed by atoms with Gasteiger partial charge in [0.15, 0.2) is 5.11 Å². The number of nitrogens with one attached hydrogen (secondary N) is 2. The molecule has 1 heterocycles. The molecule has 0 saturated heterocycles. The second kappa shape index (κ2) is 8.39. The molecule has 1 rings (SSSR count). The van der Waals surface area contributed by atoms with Crippen molar-refractivity contribution in [3.05, 3.63) is 22.8 Å². The van der Waals surface area contributed by atoms with Crippen LogP contribution in [0.2, 0.25) is 0 Å². The predicted molar refractivity (Wildman–Crippen MR) is 81.9 cm³/mol. The third kappa shape index (κ3) is 6.88. The molecule has 0 bridgehead atoms. The summed E-state index contributed by atoms with van der Waals surface area (Å²) in [5.74, 6) is 0.731. The van der Waals surface area contributed by atoms with Crippen LogP contribution in [0.25, 0.3) is 0 Å². The highest BCUT2D eigenvalue weighted by Crippen LogP contribution is 2.10. The minimum atomic E-state index is 0.280. The molecule has 0 radical (unpaired) electrons. The number of thiocarbonyl (C=S) groups is 1. The predicted octanol–water partition coefficient (Wildman–Crippen LogP) is 2.95. The van der Waals surface area contributed by atoms with Crippen LogP contribution < -0.4 is 10.6 Å². The molecule has 0 saturated carbocycles. The first-order chi connectivity index (χ1) is 8.58. The van der Waals surface area contributed by atoms with Crippen LogP contribution in [-0.2, 0) is 4.74 Å². The Morgan fingerprint density at radius 3 is 2.89 bits per heavy atom. The van der Waals surface area contributed by atoms with Gasteiger partial charge >= 0.3 is 0 Å². The van der Waals surface area contributed by atoms with Crippen LogP contribution in [0.3, 0.4) is 0 Å². The van der Waals surface area contributed by atoms with Crippen LogP contribution in [0.1, 0.15) is 20.3 Å². The van der Waals surface area contributed by atoms with Crippen LogP contribution in [0.4, 0.5) is 5.82 Å². The first-order valence-electron chi connectivity index (χ1n) is 5.86. The summed E-state index contributed by atoms with van der Waals surface area (Å²) in [6, 6.07) is 3.77. The van der Waals surface area contributed by atoms with Crippen molar-refractivity contribution in [1.82, 2.24) is 10.3 Å². The third-order valence-electron chi connectivity index (χ3n) is 2.03. The molecule has 6 heteroatoms. The summed E-state index contributed by atoms with van der Waals surface area (Å²) in [5, 5.41) is 6.70. The fourth-order valence-electron chi connectivity index (χ4n) is 1.20. The molecule has 100 valence electrons. The average molecular weight is 332 g/mol. The standard InChI is InChI=1S/C12H18BrN3OS/c1-9(2)17-7-3-6-14-12(18)16-11-5-4-10(13)8-15-11/h4-5,8-9H,3,6-7H2,1-2H3,(H2,14,15,16,18). The first kappa shape index (κ1) is 15.3. The molecular formula is C12H18BrN3OS. The monoisotopic (exact) mass is 331 g/mol. The van der Waals surface area contributed by atoms with Gasteiger partial charge in [0, 0.05) is 23.8 Å². The van der Waals surface area contributed by atoms with Crippen molar-refractivity contribution in [2.75, 3.05) is 18.5 Å². The highest BCUT2D eigenvalue weighted by atomic mass is 79.9. The third-order valence-corrected chi connectivity index (χ3v) is 2.74. The molecule has 1 aromatic rings. The maximum Gasteiger partial charge on any atom is 0.171 e. The summed E-state index contributed by atoms with van der Waals surface area (Å²) >= 11 is 8.49. The minimum absolute atomic E-state index is 0.280. The molecule has 0 aliphatic carbocycles. The summed E-state index contributed by atoms with van der Waals surface area (Å²) in [7, 11) is 0.